The molecular weight excluding hydrogens is 196 g/mol. The molecule has 1 aromatic rings. The van der Waals surface area contributed by atoms with Gasteiger partial charge in [0.1, 0.15) is 12.4 Å². The first-order chi connectivity index (χ1) is 6.93. The maximum Gasteiger partial charge on any atom is 0.322 e. The van der Waals surface area contributed by atoms with E-state index in [4.69, 9.17) is 10.8 Å². The minimum Gasteiger partial charge on any atom is -0.480 e. The summed E-state index contributed by atoms with van der Waals surface area (Å²) in [5.41, 5.74) is 5.49. The molecule has 0 aromatic carbocycles. The first-order valence-corrected chi connectivity index (χ1v) is 4.83. The second-order valence-electron chi connectivity index (χ2n) is 3.84. The van der Waals surface area contributed by atoms with E-state index in [-0.39, 0.29) is 5.92 Å². The van der Waals surface area contributed by atoms with Crippen molar-refractivity contribution in [3.63, 3.8) is 0 Å². The van der Waals surface area contributed by atoms with Crippen LogP contribution in [-0.4, -0.2) is 31.9 Å². The van der Waals surface area contributed by atoms with Gasteiger partial charge < -0.3 is 10.8 Å². The van der Waals surface area contributed by atoms with E-state index in [2.05, 4.69) is 10.1 Å². The van der Waals surface area contributed by atoms with Crippen LogP contribution in [0.2, 0.25) is 0 Å². The molecule has 3 N–H and O–H groups in total. The maximum absolute atomic E-state index is 10.7. The summed E-state index contributed by atoms with van der Waals surface area (Å²) in [5, 5.41) is 12.9. The van der Waals surface area contributed by atoms with Crippen LogP contribution in [-0.2, 0) is 4.79 Å². The molecule has 0 bridgehead atoms. The first kappa shape index (κ1) is 11.6. The fraction of sp³-hybridized carbons (Fsp3) is 0.667. The summed E-state index contributed by atoms with van der Waals surface area (Å²) in [4.78, 5) is 14.8. The number of aromatic nitrogens is 3. The smallest absolute Gasteiger partial charge is 0.322 e. The predicted molar refractivity (Wildman–Crippen MR) is 54.4 cm³/mol. The predicted octanol–water partition coefficient (Wildman–Crippen LogP) is 0.374. The zero-order valence-electron chi connectivity index (χ0n) is 9.08. The topological polar surface area (TPSA) is 94.0 Å². The molecular formula is C9H16N4O2. The van der Waals surface area contributed by atoms with Crippen molar-refractivity contribution < 1.29 is 9.90 Å². The van der Waals surface area contributed by atoms with E-state index < -0.39 is 18.1 Å². The van der Waals surface area contributed by atoms with Crippen LogP contribution in [0.5, 0.6) is 0 Å². The van der Waals surface area contributed by atoms with Crippen molar-refractivity contribution in [1.82, 2.24) is 14.8 Å². The Labute approximate surface area is 88.1 Å². The van der Waals surface area contributed by atoms with Crippen molar-refractivity contribution in [1.29, 1.82) is 0 Å². The van der Waals surface area contributed by atoms with Gasteiger partial charge in [0.15, 0.2) is 5.82 Å². The Morgan fingerprint density at radius 3 is 2.53 bits per heavy atom. The number of carboxylic acid groups (broad SMARTS) is 1. The van der Waals surface area contributed by atoms with Gasteiger partial charge in [0.25, 0.3) is 0 Å². The molecule has 84 valence electrons. The third kappa shape index (κ3) is 2.53. The summed E-state index contributed by atoms with van der Waals surface area (Å²) in [6.07, 6.45) is 1.52. The highest BCUT2D eigenvalue weighted by Gasteiger charge is 2.22. The quantitative estimate of drug-likeness (QED) is 0.752. The van der Waals surface area contributed by atoms with Crippen LogP contribution in [0, 0.1) is 0 Å². The van der Waals surface area contributed by atoms with Crippen LogP contribution in [0.15, 0.2) is 6.33 Å². The molecule has 0 aliphatic rings. The molecule has 0 aliphatic carbocycles. The average molecular weight is 212 g/mol. The highest BCUT2D eigenvalue weighted by atomic mass is 16.4. The molecule has 0 spiro atoms. The third-order valence-electron chi connectivity index (χ3n) is 2.26. The normalized spacial score (nSPS) is 15.3. The highest BCUT2D eigenvalue weighted by Crippen LogP contribution is 2.12. The second-order valence-corrected chi connectivity index (χ2v) is 3.84. The van der Waals surface area contributed by atoms with Gasteiger partial charge in [-0.15, -0.1) is 0 Å². The Bertz CT molecular complexity index is 348. The molecule has 0 aliphatic heterocycles. The lowest BCUT2D eigenvalue weighted by atomic mass is 10.1. The van der Waals surface area contributed by atoms with E-state index in [9.17, 15) is 4.79 Å². The van der Waals surface area contributed by atoms with Gasteiger partial charge in [-0.1, -0.05) is 13.8 Å². The molecule has 1 heterocycles. The van der Waals surface area contributed by atoms with Crippen molar-refractivity contribution in [3.05, 3.63) is 12.2 Å². The number of hydrogen-bond acceptors (Lipinski definition) is 4. The molecule has 1 aromatic heterocycles. The molecule has 0 saturated carbocycles. The van der Waals surface area contributed by atoms with Crippen LogP contribution in [0.3, 0.4) is 0 Å². The van der Waals surface area contributed by atoms with E-state index in [0.29, 0.717) is 5.82 Å². The summed E-state index contributed by atoms with van der Waals surface area (Å²) in [6, 6.07) is -1.37. The Morgan fingerprint density at radius 1 is 1.53 bits per heavy atom. The second kappa shape index (κ2) is 4.39. The lowest BCUT2D eigenvalue weighted by molar-refractivity contribution is -0.139. The molecule has 0 fully saturated rings. The van der Waals surface area contributed by atoms with E-state index in [1.54, 1.807) is 6.92 Å². The number of nitrogens with zero attached hydrogens (tertiary/aromatic N) is 3. The average Bonchev–Trinajstić information content (AvgIpc) is 2.64. The van der Waals surface area contributed by atoms with E-state index >= 15 is 0 Å². The van der Waals surface area contributed by atoms with Crippen molar-refractivity contribution in [3.8, 4) is 0 Å². The maximum atomic E-state index is 10.7. The van der Waals surface area contributed by atoms with Crippen LogP contribution in [0.1, 0.15) is 38.6 Å². The fourth-order valence-electron chi connectivity index (χ4n) is 1.12. The minimum atomic E-state index is -1.04. The molecule has 0 saturated heterocycles. The Hall–Kier alpha value is -1.43. The number of carbonyl (C=O) groups is 1. The Morgan fingerprint density at radius 2 is 2.13 bits per heavy atom. The van der Waals surface area contributed by atoms with Gasteiger partial charge in [0.05, 0.1) is 6.04 Å². The summed E-state index contributed by atoms with van der Waals surface area (Å²) >= 11 is 0. The Kier molecular flexibility index (Phi) is 3.41. The molecule has 6 nitrogen and oxygen atoms in total. The molecule has 0 radical (unpaired) electrons. The zero-order valence-corrected chi connectivity index (χ0v) is 9.08. The summed E-state index contributed by atoms with van der Waals surface area (Å²) in [7, 11) is 0. The molecule has 0 amide bonds. The molecule has 6 heteroatoms. The zero-order chi connectivity index (χ0) is 11.6. The van der Waals surface area contributed by atoms with Crippen LogP contribution >= 0.6 is 0 Å². The first-order valence-electron chi connectivity index (χ1n) is 4.83. The van der Waals surface area contributed by atoms with Crippen molar-refractivity contribution >= 4 is 5.97 Å². The number of hydrogen-bond donors (Lipinski definition) is 2. The minimum absolute atomic E-state index is 0.222. The van der Waals surface area contributed by atoms with Crippen LogP contribution in [0.4, 0.5) is 0 Å². The van der Waals surface area contributed by atoms with Crippen molar-refractivity contribution in [2.45, 2.75) is 38.8 Å². The molecule has 2 unspecified atom stereocenters. The van der Waals surface area contributed by atoms with Gasteiger partial charge in [-0.05, 0) is 6.92 Å². The lowest BCUT2D eigenvalue weighted by Crippen LogP contribution is -2.38. The number of carboxylic acids is 1. The molecule has 15 heavy (non-hydrogen) atoms. The number of aliphatic carboxylic acids is 1. The number of rotatable bonds is 4. The van der Waals surface area contributed by atoms with Crippen LogP contribution in [0.25, 0.3) is 0 Å². The lowest BCUT2D eigenvalue weighted by Gasteiger charge is -2.15. The van der Waals surface area contributed by atoms with Gasteiger partial charge in [-0.25, -0.2) is 9.67 Å². The standard InChI is InChI=1S/C9H16N4O2/c1-5(2)8-11-4-13(12-8)6(3)7(10)9(14)15/h4-7H,10H2,1-3H3,(H,14,15). The van der Waals surface area contributed by atoms with Crippen molar-refractivity contribution in [2.24, 2.45) is 5.73 Å². The van der Waals surface area contributed by atoms with Gasteiger partial charge >= 0.3 is 5.97 Å². The molecule has 1 rings (SSSR count). The van der Waals surface area contributed by atoms with Gasteiger partial charge in [-0.2, -0.15) is 5.10 Å². The van der Waals surface area contributed by atoms with Crippen LogP contribution < -0.4 is 5.73 Å². The Balaban J connectivity index is 2.82. The fourth-order valence-corrected chi connectivity index (χ4v) is 1.12. The highest BCUT2D eigenvalue weighted by molar-refractivity contribution is 5.73. The monoisotopic (exact) mass is 212 g/mol. The van der Waals surface area contributed by atoms with Gasteiger partial charge in [-0.3, -0.25) is 4.79 Å². The SMILES string of the molecule is CC(C)c1ncn(C(C)C(N)C(=O)O)n1. The summed E-state index contributed by atoms with van der Waals surface area (Å²) < 4.78 is 1.49. The largest absolute Gasteiger partial charge is 0.480 e. The van der Waals surface area contributed by atoms with Gasteiger partial charge in [0.2, 0.25) is 0 Å². The number of nitrogens with two attached hydrogens (primary N) is 1. The van der Waals surface area contributed by atoms with Crippen molar-refractivity contribution in [2.75, 3.05) is 0 Å². The summed E-state index contributed by atoms with van der Waals surface area (Å²) in [6.45, 7) is 5.65. The van der Waals surface area contributed by atoms with E-state index in [0.717, 1.165) is 0 Å². The molecule has 2 atom stereocenters. The van der Waals surface area contributed by atoms with E-state index in [1.165, 1.54) is 11.0 Å². The summed E-state index contributed by atoms with van der Waals surface area (Å²) in [5.74, 6) is -0.122. The van der Waals surface area contributed by atoms with E-state index in [1.807, 2.05) is 13.8 Å². The third-order valence-corrected chi connectivity index (χ3v) is 2.26. The van der Waals surface area contributed by atoms with Gasteiger partial charge in [0, 0.05) is 5.92 Å².